The Morgan fingerprint density at radius 1 is 1.28 bits per heavy atom. The molecular weight excluding hydrogens is 254 g/mol. The van der Waals surface area contributed by atoms with Gasteiger partial charge >= 0.3 is 0 Å². The highest BCUT2D eigenvalue weighted by Gasteiger charge is 2.42. The lowest BCUT2D eigenvalue weighted by Gasteiger charge is -2.34. The van der Waals surface area contributed by atoms with Gasteiger partial charge in [0.1, 0.15) is 5.41 Å². The third-order valence-electron chi connectivity index (χ3n) is 3.04. The van der Waals surface area contributed by atoms with Crippen LogP contribution in [-0.4, -0.2) is 43.1 Å². The van der Waals surface area contributed by atoms with E-state index in [0.717, 1.165) is 0 Å². The first kappa shape index (κ1) is 14.8. The Balaban J connectivity index is 2.50. The molecular formula is C11H19N3O3S. The molecule has 0 unspecified atom stereocenters. The van der Waals surface area contributed by atoms with Crippen molar-refractivity contribution in [3.05, 3.63) is 0 Å². The van der Waals surface area contributed by atoms with Crippen LogP contribution in [0.2, 0.25) is 0 Å². The zero-order valence-corrected chi connectivity index (χ0v) is 11.3. The first-order chi connectivity index (χ1) is 8.49. The van der Waals surface area contributed by atoms with Crippen LogP contribution in [0.3, 0.4) is 0 Å². The third-order valence-corrected chi connectivity index (χ3v) is 3.43. The van der Waals surface area contributed by atoms with Crippen molar-refractivity contribution in [2.45, 2.75) is 19.8 Å². The molecule has 0 saturated carbocycles. The number of carbonyl (C=O) groups is 2. The quantitative estimate of drug-likeness (QED) is 0.456. The molecule has 102 valence electrons. The number of hydrogen-bond acceptors (Lipinski definition) is 4. The summed E-state index contributed by atoms with van der Waals surface area (Å²) in [6.45, 7) is 3.15. The SMILES string of the molecule is CC(=O)NCCNC(=O)C1(C(N)=S)CCOCC1. The van der Waals surface area contributed by atoms with Crippen LogP contribution >= 0.6 is 12.2 Å². The average molecular weight is 273 g/mol. The largest absolute Gasteiger partial charge is 0.392 e. The fraction of sp³-hybridized carbons (Fsp3) is 0.727. The Morgan fingerprint density at radius 3 is 2.33 bits per heavy atom. The van der Waals surface area contributed by atoms with Crippen molar-refractivity contribution in [3.8, 4) is 0 Å². The Hall–Kier alpha value is -1.21. The predicted octanol–water partition coefficient (Wildman–Crippen LogP) is -0.678. The minimum Gasteiger partial charge on any atom is -0.392 e. The van der Waals surface area contributed by atoms with Gasteiger partial charge in [0.05, 0.1) is 4.99 Å². The summed E-state index contributed by atoms with van der Waals surface area (Å²) >= 11 is 5.02. The van der Waals surface area contributed by atoms with Gasteiger partial charge < -0.3 is 21.1 Å². The molecule has 1 fully saturated rings. The molecule has 7 heteroatoms. The van der Waals surface area contributed by atoms with E-state index in [2.05, 4.69) is 10.6 Å². The number of ether oxygens (including phenoxy) is 1. The normalized spacial score (nSPS) is 17.8. The van der Waals surface area contributed by atoms with Crippen LogP contribution in [0.4, 0.5) is 0 Å². The molecule has 0 aromatic rings. The number of hydrogen-bond donors (Lipinski definition) is 3. The standard InChI is InChI=1S/C11H19N3O3S/c1-8(15)13-4-5-14-10(16)11(9(12)18)2-6-17-7-3-11/h2-7H2,1H3,(H2,12,18)(H,13,15)(H,14,16). The molecule has 0 aliphatic carbocycles. The maximum atomic E-state index is 12.2. The lowest BCUT2D eigenvalue weighted by molar-refractivity contribution is -0.131. The summed E-state index contributed by atoms with van der Waals surface area (Å²) in [5.74, 6) is -0.303. The van der Waals surface area contributed by atoms with Crippen LogP contribution in [0.15, 0.2) is 0 Å². The van der Waals surface area contributed by atoms with Gasteiger partial charge in [0, 0.05) is 33.2 Å². The number of carbonyl (C=O) groups excluding carboxylic acids is 2. The van der Waals surface area contributed by atoms with Gasteiger partial charge in [-0.3, -0.25) is 9.59 Å². The summed E-state index contributed by atoms with van der Waals surface area (Å²) < 4.78 is 5.23. The van der Waals surface area contributed by atoms with Gasteiger partial charge in [-0.15, -0.1) is 0 Å². The molecule has 0 bridgehead atoms. The van der Waals surface area contributed by atoms with Gasteiger partial charge in [0.2, 0.25) is 11.8 Å². The smallest absolute Gasteiger partial charge is 0.233 e. The maximum absolute atomic E-state index is 12.2. The van der Waals surface area contributed by atoms with E-state index in [9.17, 15) is 9.59 Å². The Morgan fingerprint density at radius 2 is 1.83 bits per heavy atom. The Bertz CT molecular complexity index is 340. The zero-order chi connectivity index (χ0) is 13.6. The molecule has 0 spiro atoms. The minimum atomic E-state index is -0.802. The van der Waals surface area contributed by atoms with E-state index >= 15 is 0 Å². The van der Waals surface area contributed by atoms with Crippen LogP contribution in [0, 0.1) is 5.41 Å². The Labute approximate surface area is 112 Å². The lowest BCUT2D eigenvalue weighted by atomic mass is 9.79. The molecule has 0 radical (unpaired) electrons. The fourth-order valence-corrected chi connectivity index (χ4v) is 2.19. The fourth-order valence-electron chi connectivity index (χ4n) is 1.89. The summed E-state index contributed by atoms with van der Waals surface area (Å²) in [7, 11) is 0. The van der Waals surface area contributed by atoms with E-state index in [0.29, 0.717) is 39.1 Å². The van der Waals surface area contributed by atoms with Crippen LogP contribution in [0.5, 0.6) is 0 Å². The second-order valence-electron chi connectivity index (χ2n) is 4.30. The van der Waals surface area contributed by atoms with Gasteiger partial charge in [-0.2, -0.15) is 0 Å². The van der Waals surface area contributed by atoms with Crippen LogP contribution in [0.25, 0.3) is 0 Å². The molecule has 2 amide bonds. The molecule has 0 atom stereocenters. The van der Waals surface area contributed by atoms with E-state index < -0.39 is 5.41 Å². The van der Waals surface area contributed by atoms with Crippen molar-refractivity contribution in [3.63, 3.8) is 0 Å². The van der Waals surface area contributed by atoms with Crippen molar-refractivity contribution in [1.82, 2.24) is 10.6 Å². The van der Waals surface area contributed by atoms with Gasteiger partial charge in [-0.1, -0.05) is 12.2 Å². The van der Waals surface area contributed by atoms with Crippen molar-refractivity contribution >= 4 is 29.0 Å². The summed E-state index contributed by atoms with van der Waals surface area (Å²) in [6.07, 6.45) is 1.02. The number of thiocarbonyl (C=S) groups is 1. The van der Waals surface area contributed by atoms with E-state index in [1.165, 1.54) is 6.92 Å². The number of amides is 2. The van der Waals surface area contributed by atoms with Crippen molar-refractivity contribution < 1.29 is 14.3 Å². The number of rotatable bonds is 5. The molecule has 1 aliphatic rings. The molecule has 18 heavy (non-hydrogen) atoms. The number of nitrogens with one attached hydrogen (secondary N) is 2. The Kier molecular flexibility index (Phi) is 5.49. The molecule has 0 aromatic carbocycles. The summed E-state index contributed by atoms with van der Waals surface area (Å²) in [5.41, 5.74) is 4.90. The maximum Gasteiger partial charge on any atom is 0.233 e. The molecule has 1 rings (SSSR count). The van der Waals surface area contributed by atoms with E-state index in [-0.39, 0.29) is 16.8 Å². The van der Waals surface area contributed by atoms with E-state index in [1.54, 1.807) is 0 Å². The van der Waals surface area contributed by atoms with Gasteiger partial charge in [-0.05, 0) is 12.8 Å². The molecule has 0 aromatic heterocycles. The summed E-state index contributed by atoms with van der Waals surface area (Å²) in [6, 6.07) is 0. The molecule has 1 aliphatic heterocycles. The topological polar surface area (TPSA) is 93.5 Å². The second kappa shape index (κ2) is 6.65. The number of nitrogens with two attached hydrogens (primary N) is 1. The van der Waals surface area contributed by atoms with Crippen molar-refractivity contribution in [2.75, 3.05) is 26.3 Å². The van der Waals surface area contributed by atoms with Gasteiger partial charge in [0.25, 0.3) is 0 Å². The molecule has 6 nitrogen and oxygen atoms in total. The third kappa shape index (κ3) is 3.64. The monoisotopic (exact) mass is 273 g/mol. The summed E-state index contributed by atoms with van der Waals surface area (Å²) in [4.78, 5) is 23.1. The molecule has 1 heterocycles. The lowest BCUT2D eigenvalue weighted by Crippen LogP contribution is -2.52. The molecule has 4 N–H and O–H groups in total. The van der Waals surface area contributed by atoms with E-state index in [1.807, 2.05) is 0 Å². The van der Waals surface area contributed by atoms with Crippen LogP contribution in [0.1, 0.15) is 19.8 Å². The van der Waals surface area contributed by atoms with Crippen molar-refractivity contribution in [2.24, 2.45) is 11.1 Å². The zero-order valence-electron chi connectivity index (χ0n) is 10.5. The van der Waals surface area contributed by atoms with E-state index in [4.69, 9.17) is 22.7 Å². The van der Waals surface area contributed by atoms with Gasteiger partial charge in [0.15, 0.2) is 0 Å². The average Bonchev–Trinajstić information content (AvgIpc) is 2.34. The molecule has 1 saturated heterocycles. The first-order valence-corrected chi connectivity index (χ1v) is 6.30. The highest BCUT2D eigenvalue weighted by atomic mass is 32.1. The predicted molar refractivity (Wildman–Crippen MR) is 71.0 cm³/mol. The van der Waals surface area contributed by atoms with Gasteiger partial charge in [-0.25, -0.2) is 0 Å². The summed E-state index contributed by atoms with van der Waals surface area (Å²) in [5, 5.41) is 5.36. The van der Waals surface area contributed by atoms with Crippen LogP contribution < -0.4 is 16.4 Å². The highest BCUT2D eigenvalue weighted by Crippen LogP contribution is 2.31. The first-order valence-electron chi connectivity index (χ1n) is 5.89. The highest BCUT2D eigenvalue weighted by molar-refractivity contribution is 7.80. The van der Waals surface area contributed by atoms with Crippen molar-refractivity contribution in [1.29, 1.82) is 0 Å². The minimum absolute atomic E-state index is 0.126. The van der Waals surface area contributed by atoms with Crippen LogP contribution in [-0.2, 0) is 14.3 Å². The second-order valence-corrected chi connectivity index (χ2v) is 4.74.